The molecule has 1 aliphatic rings. The van der Waals surface area contributed by atoms with Gasteiger partial charge in [0.2, 0.25) is 0 Å². The summed E-state index contributed by atoms with van der Waals surface area (Å²) in [6.45, 7) is 6.50. The van der Waals surface area contributed by atoms with Gasteiger partial charge in [-0.2, -0.15) is 0 Å². The number of nitrogens with one attached hydrogen (secondary N) is 2. The molecule has 1 amide bonds. The Balaban J connectivity index is 1.76. The number of carbonyl (C=O) groups is 1. The Hall–Kier alpha value is -2.80. The van der Waals surface area contributed by atoms with Crippen molar-refractivity contribution in [3.8, 4) is 11.5 Å². The zero-order valence-electron chi connectivity index (χ0n) is 15.7. The predicted octanol–water partition coefficient (Wildman–Crippen LogP) is 4.17. The molecule has 7 heteroatoms. The monoisotopic (exact) mass is 383 g/mol. The molecule has 27 heavy (non-hydrogen) atoms. The summed E-state index contributed by atoms with van der Waals surface area (Å²) in [6.07, 6.45) is -0.354. The number of hydrogen-bond donors (Lipinski definition) is 2. The van der Waals surface area contributed by atoms with Crippen molar-refractivity contribution in [2.45, 2.75) is 26.9 Å². The lowest BCUT2D eigenvalue weighted by Crippen LogP contribution is -2.37. The number of fused-ring (bicyclic) bond motifs is 3. The van der Waals surface area contributed by atoms with Crippen LogP contribution in [0.5, 0.6) is 11.5 Å². The first kappa shape index (κ1) is 17.6. The molecule has 0 spiro atoms. The van der Waals surface area contributed by atoms with Crippen LogP contribution in [0.25, 0.3) is 10.2 Å². The van der Waals surface area contributed by atoms with Gasteiger partial charge in [0.25, 0.3) is 5.91 Å². The van der Waals surface area contributed by atoms with Gasteiger partial charge in [0, 0.05) is 11.1 Å². The third-order valence-electron chi connectivity index (χ3n) is 4.58. The third-order valence-corrected chi connectivity index (χ3v) is 5.66. The summed E-state index contributed by atoms with van der Waals surface area (Å²) in [5.41, 5.74) is 3.81. The van der Waals surface area contributed by atoms with Crippen molar-refractivity contribution in [3.63, 3.8) is 0 Å². The Labute approximate surface area is 161 Å². The number of pyridine rings is 1. The predicted molar refractivity (Wildman–Crippen MR) is 107 cm³/mol. The van der Waals surface area contributed by atoms with Crippen LogP contribution in [-0.2, 0) is 0 Å². The van der Waals surface area contributed by atoms with Crippen molar-refractivity contribution in [3.05, 3.63) is 46.0 Å². The molecule has 4 rings (SSSR count). The average Bonchev–Trinajstić information content (AvgIpc) is 3.01. The minimum atomic E-state index is -0.354. The molecule has 0 fully saturated rings. The van der Waals surface area contributed by atoms with E-state index in [1.165, 1.54) is 11.3 Å². The number of amides is 1. The molecule has 1 aromatic carbocycles. The molecule has 0 bridgehead atoms. The number of ether oxygens (including phenoxy) is 2. The van der Waals surface area contributed by atoms with E-state index in [0.717, 1.165) is 32.7 Å². The van der Waals surface area contributed by atoms with Gasteiger partial charge >= 0.3 is 0 Å². The summed E-state index contributed by atoms with van der Waals surface area (Å²) in [4.78, 5) is 18.9. The van der Waals surface area contributed by atoms with E-state index >= 15 is 0 Å². The van der Waals surface area contributed by atoms with E-state index in [4.69, 9.17) is 9.47 Å². The molecule has 0 radical (unpaired) electrons. The zero-order valence-corrected chi connectivity index (χ0v) is 16.5. The Morgan fingerprint density at radius 2 is 2.00 bits per heavy atom. The number of anilines is 1. The molecule has 6 nitrogen and oxygen atoms in total. The number of rotatable bonds is 4. The second-order valence-corrected chi connectivity index (χ2v) is 7.46. The SMILES string of the molecule is CCOc1ccc(C2NC(=O)c3sc4nc(C)cc(C)c4c3N2)cc1OC. The number of benzene rings is 1. The fourth-order valence-corrected chi connectivity index (χ4v) is 4.58. The number of methoxy groups -OCH3 is 1. The van der Waals surface area contributed by atoms with Crippen molar-refractivity contribution in [1.82, 2.24) is 10.3 Å². The van der Waals surface area contributed by atoms with E-state index in [1.807, 2.05) is 45.0 Å². The normalized spacial score (nSPS) is 15.9. The van der Waals surface area contributed by atoms with E-state index in [9.17, 15) is 4.79 Å². The second kappa shape index (κ2) is 6.74. The maximum Gasteiger partial charge on any atom is 0.265 e. The molecule has 2 N–H and O–H groups in total. The lowest BCUT2D eigenvalue weighted by Gasteiger charge is -2.27. The maximum absolute atomic E-state index is 12.7. The molecule has 1 aliphatic heterocycles. The third kappa shape index (κ3) is 2.98. The molecule has 0 saturated carbocycles. The van der Waals surface area contributed by atoms with Crippen molar-refractivity contribution < 1.29 is 14.3 Å². The van der Waals surface area contributed by atoms with Crippen molar-refractivity contribution >= 4 is 33.1 Å². The van der Waals surface area contributed by atoms with Crippen molar-refractivity contribution in [2.75, 3.05) is 19.0 Å². The van der Waals surface area contributed by atoms with Gasteiger partial charge in [0.1, 0.15) is 15.9 Å². The first-order valence-electron chi connectivity index (χ1n) is 8.80. The molecular formula is C20H21N3O3S. The van der Waals surface area contributed by atoms with Gasteiger partial charge < -0.3 is 20.1 Å². The Bertz CT molecular complexity index is 1040. The van der Waals surface area contributed by atoms with Crippen molar-refractivity contribution in [2.24, 2.45) is 0 Å². The quantitative estimate of drug-likeness (QED) is 0.707. The summed E-state index contributed by atoms with van der Waals surface area (Å²) in [6, 6.07) is 7.72. The van der Waals surface area contributed by atoms with Gasteiger partial charge in [0.05, 0.1) is 19.4 Å². The summed E-state index contributed by atoms with van der Waals surface area (Å²) >= 11 is 1.42. The number of thiophene rings is 1. The standard InChI is InChI=1S/C20H21N3O3S/c1-5-26-13-7-6-12(9-14(13)25-4)18-22-16-15-10(2)8-11(3)21-20(15)27-17(16)19(24)23-18/h6-9,18,22H,5H2,1-4H3,(H,23,24). The molecule has 1 atom stereocenters. The van der Waals surface area contributed by atoms with E-state index < -0.39 is 0 Å². The maximum atomic E-state index is 12.7. The highest BCUT2D eigenvalue weighted by molar-refractivity contribution is 7.21. The van der Waals surface area contributed by atoms with Crippen LogP contribution in [0.3, 0.4) is 0 Å². The Morgan fingerprint density at radius 3 is 2.74 bits per heavy atom. The Kier molecular flexibility index (Phi) is 4.39. The fraction of sp³-hybridized carbons (Fsp3) is 0.300. The molecule has 1 unspecified atom stereocenters. The first-order chi connectivity index (χ1) is 13.0. The van der Waals surface area contributed by atoms with Gasteiger partial charge in [-0.05, 0) is 50.1 Å². The van der Waals surface area contributed by atoms with E-state index in [1.54, 1.807) is 7.11 Å². The van der Waals surface area contributed by atoms with Crippen LogP contribution in [0.1, 0.15) is 39.6 Å². The van der Waals surface area contributed by atoms with Crippen LogP contribution in [0, 0.1) is 13.8 Å². The smallest absolute Gasteiger partial charge is 0.265 e. The molecule has 140 valence electrons. The summed E-state index contributed by atoms with van der Waals surface area (Å²) < 4.78 is 11.0. The van der Waals surface area contributed by atoms with Gasteiger partial charge in [0.15, 0.2) is 11.5 Å². The average molecular weight is 383 g/mol. The lowest BCUT2D eigenvalue weighted by atomic mass is 10.1. The summed E-state index contributed by atoms with van der Waals surface area (Å²) in [7, 11) is 1.61. The molecular weight excluding hydrogens is 362 g/mol. The highest BCUT2D eigenvalue weighted by Crippen LogP contribution is 2.41. The number of aryl methyl sites for hydroxylation is 2. The molecule has 0 saturated heterocycles. The summed E-state index contributed by atoms with van der Waals surface area (Å²) in [5.74, 6) is 1.23. The van der Waals surface area contributed by atoms with Gasteiger partial charge in [-0.1, -0.05) is 6.07 Å². The fourth-order valence-electron chi connectivity index (χ4n) is 3.42. The molecule has 0 aliphatic carbocycles. The van der Waals surface area contributed by atoms with Crippen LogP contribution in [0.4, 0.5) is 5.69 Å². The van der Waals surface area contributed by atoms with Crippen LogP contribution < -0.4 is 20.1 Å². The minimum Gasteiger partial charge on any atom is -0.493 e. The van der Waals surface area contributed by atoms with E-state index in [0.29, 0.717) is 23.0 Å². The van der Waals surface area contributed by atoms with Crippen LogP contribution in [0.15, 0.2) is 24.3 Å². The van der Waals surface area contributed by atoms with E-state index in [2.05, 4.69) is 15.6 Å². The highest BCUT2D eigenvalue weighted by atomic mass is 32.1. The van der Waals surface area contributed by atoms with Gasteiger partial charge in [-0.3, -0.25) is 4.79 Å². The van der Waals surface area contributed by atoms with Crippen LogP contribution in [-0.4, -0.2) is 24.6 Å². The highest BCUT2D eigenvalue weighted by Gasteiger charge is 2.30. The first-order valence-corrected chi connectivity index (χ1v) is 9.62. The zero-order chi connectivity index (χ0) is 19.1. The molecule has 3 aromatic rings. The van der Waals surface area contributed by atoms with Gasteiger partial charge in [-0.25, -0.2) is 4.98 Å². The number of carbonyl (C=O) groups excluding carboxylic acids is 1. The number of nitrogens with zero attached hydrogens (tertiary/aromatic N) is 1. The lowest BCUT2D eigenvalue weighted by molar-refractivity contribution is 0.0940. The van der Waals surface area contributed by atoms with Crippen LogP contribution in [0.2, 0.25) is 0 Å². The van der Waals surface area contributed by atoms with Gasteiger partial charge in [-0.15, -0.1) is 11.3 Å². The second-order valence-electron chi connectivity index (χ2n) is 6.46. The van der Waals surface area contributed by atoms with E-state index in [-0.39, 0.29) is 12.1 Å². The number of aromatic nitrogens is 1. The number of hydrogen-bond acceptors (Lipinski definition) is 6. The Morgan fingerprint density at radius 1 is 1.19 bits per heavy atom. The topological polar surface area (TPSA) is 72.5 Å². The summed E-state index contributed by atoms with van der Waals surface area (Å²) in [5, 5.41) is 7.51. The van der Waals surface area contributed by atoms with Crippen LogP contribution >= 0.6 is 11.3 Å². The molecule has 2 aromatic heterocycles. The van der Waals surface area contributed by atoms with Crippen molar-refractivity contribution in [1.29, 1.82) is 0 Å². The molecule has 3 heterocycles. The minimum absolute atomic E-state index is 0.0957. The largest absolute Gasteiger partial charge is 0.493 e.